The predicted molar refractivity (Wildman–Crippen MR) is 98.0 cm³/mol. The molecule has 4 rings (SSSR count). The summed E-state index contributed by atoms with van der Waals surface area (Å²) in [6.45, 7) is 2.14. The summed E-state index contributed by atoms with van der Waals surface area (Å²) in [5.41, 5.74) is 8.19. The Kier molecular flexibility index (Phi) is 3.50. The summed E-state index contributed by atoms with van der Waals surface area (Å²) < 4.78 is 0. The summed E-state index contributed by atoms with van der Waals surface area (Å²) in [4.78, 5) is 6.11. The van der Waals surface area contributed by atoms with E-state index in [4.69, 9.17) is 0 Å². The van der Waals surface area contributed by atoms with Gasteiger partial charge in [-0.1, -0.05) is 48.0 Å². The number of H-pyrrole nitrogens is 1. The minimum absolute atomic E-state index is 0.657. The summed E-state index contributed by atoms with van der Waals surface area (Å²) in [7, 11) is 4.39. The number of nitrogens with one attached hydrogen (secondary N) is 1. The van der Waals surface area contributed by atoms with Crippen molar-refractivity contribution < 1.29 is 0 Å². The van der Waals surface area contributed by atoms with E-state index in [1.54, 1.807) is 0 Å². The second-order valence-electron chi connectivity index (χ2n) is 7.04. The Morgan fingerprint density at radius 2 is 1.83 bits per heavy atom. The highest BCUT2D eigenvalue weighted by atomic mass is 15.1. The quantitative estimate of drug-likeness (QED) is 0.735. The minimum Gasteiger partial charge on any atom is -0.358 e. The molecule has 2 nitrogen and oxygen atoms in total. The van der Waals surface area contributed by atoms with Crippen LogP contribution in [-0.4, -0.2) is 30.0 Å². The maximum absolute atomic E-state index is 3.74. The van der Waals surface area contributed by atoms with Crippen molar-refractivity contribution in [2.24, 2.45) is 0 Å². The SMILES string of the molecule is Cc1ccc(-c2cccc3c4c([nH]c23)CCC(N(C)C)C4)cc1. The van der Waals surface area contributed by atoms with Gasteiger partial charge in [-0.25, -0.2) is 0 Å². The first-order valence-corrected chi connectivity index (χ1v) is 8.49. The van der Waals surface area contributed by atoms with E-state index in [1.165, 1.54) is 45.3 Å². The number of aromatic amines is 1. The highest BCUT2D eigenvalue weighted by Crippen LogP contribution is 2.35. The molecule has 0 radical (unpaired) electrons. The van der Waals surface area contributed by atoms with Crippen molar-refractivity contribution in [3.8, 4) is 11.1 Å². The van der Waals surface area contributed by atoms with E-state index >= 15 is 0 Å². The molecule has 0 bridgehead atoms. The van der Waals surface area contributed by atoms with Crippen LogP contribution < -0.4 is 0 Å². The van der Waals surface area contributed by atoms with Crippen LogP contribution in [0.25, 0.3) is 22.0 Å². The minimum atomic E-state index is 0.657. The van der Waals surface area contributed by atoms with Gasteiger partial charge in [0.1, 0.15) is 0 Å². The Morgan fingerprint density at radius 1 is 1.04 bits per heavy atom. The molecule has 0 spiro atoms. The van der Waals surface area contributed by atoms with Gasteiger partial charge in [-0.2, -0.15) is 0 Å². The van der Waals surface area contributed by atoms with E-state index < -0.39 is 0 Å². The van der Waals surface area contributed by atoms with E-state index in [1.807, 2.05) is 0 Å². The van der Waals surface area contributed by atoms with Gasteiger partial charge < -0.3 is 9.88 Å². The van der Waals surface area contributed by atoms with Crippen LogP contribution in [0.1, 0.15) is 23.2 Å². The lowest BCUT2D eigenvalue weighted by molar-refractivity contribution is 0.268. The summed E-state index contributed by atoms with van der Waals surface area (Å²) in [5.74, 6) is 0. The van der Waals surface area contributed by atoms with Gasteiger partial charge in [0.15, 0.2) is 0 Å². The molecule has 1 aliphatic rings. The molecule has 1 N–H and O–H groups in total. The molecule has 2 aromatic carbocycles. The number of benzene rings is 2. The third-order valence-corrected chi connectivity index (χ3v) is 5.29. The first kappa shape index (κ1) is 14.5. The Labute approximate surface area is 138 Å². The van der Waals surface area contributed by atoms with E-state index in [2.05, 4.69) is 73.4 Å². The zero-order chi connectivity index (χ0) is 16.0. The number of nitrogens with zero attached hydrogens (tertiary/aromatic N) is 1. The number of aromatic nitrogens is 1. The van der Waals surface area contributed by atoms with Crippen molar-refractivity contribution >= 4 is 10.9 Å². The Morgan fingerprint density at radius 3 is 2.57 bits per heavy atom. The van der Waals surface area contributed by atoms with Crippen LogP contribution in [-0.2, 0) is 12.8 Å². The summed E-state index contributed by atoms with van der Waals surface area (Å²) in [5, 5.41) is 1.41. The fraction of sp³-hybridized carbons (Fsp3) is 0.333. The van der Waals surface area contributed by atoms with Crippen molar-refractivity contribution in [1.29, 1.82) is 0 Å². The van der Waals surface area contributed by atoms with Crippen molar-refractivity contribution in [2.45, 2.75) is 32.2 Å². The molecule has 0 saturated heterocycles. The smallest absolute Gasteiger partial charge is 0.0538 e. The molecule has 23 heavy (non-hydrogen) atoms. The van der Waals surface area contributed by atoms with Crippen molar-refractivity contribution in [2.75, 3.05) is 14.1 Å². The highest BCUT2D eigenvalue weighted by molar-refractivity contribution is 5.97. The zero-order valence-electron chi connectivity index (χ0n) is 14.2. The largest absolute Gasteiger partial charge is 0.358 e. The fourth-order valence-electron chi connectivity index (χ4n) is 3.84. The third kappa shape index (κ3) is 2.47. The molecule has 1 heterocycles. The number of fused-ring (bicyclic) bond motifs is 3. The number of hydrogen-bond donors (Lipinski definition) is 1. The molecule has 1 aromatic heterocycles. The van der Waals surface area contributed by atoms with Gasteiger partial charge >= 0.3 is 0 Å². The predicted octanol–water partition coefficient (Wildman–Crippen LogP) is 4.56. The molecule has 0 aliphatic heterocycles. The van der Waals surface area contributed by atoms with Gasteiger partial charge in [0.2, 0.25) is 0 Å². The van der Waals surface area contributed by atoms with Gasteiger partial charge in [0, 0.05) is 22.7 Å². The van der Waals surface area contributed by atoms with Crippen LogP contribution in [0, 0.1) is 6.92 Å². The van der Waals surface area contributed by atoms with Crippen LogP contribution in [0.5, 0.6) is 0 Å². The first-order valence-electron chi connectivity index (χ1n) is 8.49. The first-order chi connectivity index (χ1) is 11.1. The Bertz CT molecular complexity index is 840. The normalized spacial score (nSPS) is 17.7. The zero-order valence-corrected chi connectivity index (χ0v) is 14.2. The lowest BCUT2D eigenvalue weighted by atomic mass is 9.90. The average molecular weight is 304 g/mol. The molecular formula is C21H24N2. The van der Waals surface area contributed by atoms with Crippen molar-refractivity contribution in [3.63, 3.8) is 0 Å². The number of rotatable bonds is 2. The Hall–Kier alpha value is -2.06. The number of para-hydroxylation sites is 1. The van der Waals surface area contributed by atoms with E-state index in [9.17, 15) is 0 Å². The maximum Gasteiger partial charge on any atom is 0.0538 e. The molecule has 0 fully saturated rings. The van der Waals surface area contributed by atoms with Crippen molar-refractivity contribution in [1.82, 2.24) is 9.88 Å². The van der Waals surface area contributed by atoms with Crippen molar-refractivity contribution in [3.05, 3.63) is 59.3 Å². The van der Waals surface area contributed by atoms with E-state index in [-0.39, 0.29) is 0 Å². The van der Waals surface area contributed by atoms with Crippen LogP contribution in [0.15, 0.2) is 42.5 Å². The molecule has 0 amide bonds. The van der Waals surface area contributed by atoms with Crippen LogP contribution in [0.4, 0.5) is 0 Å². The number of likely N-dealkylation sites (N-methyl/N-ethyl adjacent to an activating group) is 1. The number of aryl methyl sites for hydroxylation is 2. The average Bonchev–Trinajstić information content (AvgIpc) is 2.93. The van der Waals surface area contributed by atoms with Crippen LogP contribution in [0.3, 0.4) is 0 Å². The topological polar surface area (TPSA) is 19.0 Å². The standard InChI is InChI=1S/C21H24N2/c1-14-7-9-15(10-8-14)17-5-4-6-18-19-13-16(23(2)3)11-12-20(19)22-21(17)18/h4-10,16,22H,11-13H2,1-3H3. The summed E-state index contributed by atoms with van der Waals surface area (Å²) in [6, 6.07) is 16.2. The van der Waals surface area contributed by atoms with Gasteiger partial charge in [0.25, 0.3) is 0 Å². The second-order valence-corrected chi connectivity index (χ2v) is 7.04. The molecular weight excluding hydrogens is 280 g/mol. The van der Waals surface area contributed by atoms with Crippen LogP contribution >= 0.6 is 0 Å². The van der Waals surface area contributed by atoms with Gasteiger partial charge in [-0.05, 0) is 51.4 Å². The highest BCUT2D eigenvalue weighted by Gasteiger charge is 2.24. The van der Waals surface area contributed by atoms with Crippen LogP contribution in [0.2, 0.25) is 0 Å². The molecule has 2 heteroatoms. The second kappa shape index (κ2) is 5.54. The molecule has 118 valence electrons. The van der Waals surface area contributed by atoms with Gasteiger partial charge in [-0.3, -0.25) is 0 Å². The summed E-state index contributed by atoms with van der Waals surface area (Å²) >= 11 is 0. The van der Waals surface area contributed by atoms with E-state index in [0.29, 0.717) is 6.04 Å². The molecule has 1 atom stereocenters. The van der Waals surface area contributed by atoms with Gasteiger partial charge in [-0.15, -0.1) is 0 Å². The molecule has 1 aliphatic carbocycles. The Balaban J connectivity index is 1.85. The lowest BCUT2D eigenvalue weighted by Gasteiger charge is -2.28. The molecule has 0 saturated carbocycles. The third-order valence-electron chi connectivity index (χ3n) is 5.29. The number of hydrogen-bond acceptors (Lipinski definition) is 1. The fourth-order valence-corrected chi connectivity index (χ4v) is 3.84. The van der Waals surface area contributed by atoms with E-state index in [0.717, 1.165) is 12.8 Å². The summed E-state index contributed by atoms with van der Waals surface area (Å²) in [6.07, 6.45) is 3.55. The molecule has 3 aromatic rings. The lowest BCUT2D eigenvalue weighted by Crippen LogP contribution is -2.33. The monoisotopic (exact) mass is 304 g/mol. The molecule has 1 unspecified atom stereocenters. The van der Waals surface area contributed by atoms with Gasteiger partial charge in [0.05, 0.1) is 5.52 Å². The maximum atomic E-state index is 3.74.